The van der Waals surface area contributed by atoms with Gasteiger partial charge < -0.3 is 21.1 Å². The summed E-state index contributed by atoms with van der Waals surface area (Å²) >= 11 is 1.46. The molecule has 0 spiro atoms. The predicted molar refractivity (Wildman–Crippen MR) is 134 cm³/mol. The first-order valence-corrected chi connectivity index (χ1v) is 11.9. The van der Waals surface area contributed by atoms with Crippen LogP contribution in [0.2, 0.25) is 0 Å². The molecule has 0 bridgehead atoms. The minimum Gasteiger partial charge on any atom is -0.497 e. The third-order valence-corrected chi connectivity index (χ3v) is 6.19. The SMILES string of the molecule is CCc1ccccc1Nc1nc(N)nc(CSC(C)C(=O)NCCc2ccc(OC)cc2)n1. The molecule has 0 saturated heterocycles. The molecule has 4 N–H and O–H groups in total. The smallest absolute Gasteiger partial charge is 0.232 e. The number of nitrogens with one attached hydrogen (secondary N) is 2. The largest absolute Gasteiger partial charge is 0.497 e. The van der Waals surface area contributed by atoms with Gasteiger partial charge in [-0.2, -0.15) is 15.0 Å². The molecule has 1 atom stereocenters. The number of hydrogen-bond donors (Lipinski definition) is 3. The van der Waals surface area contributed by atoms with E-state index in [0.29, 0.717) is 24.1 Å². The average molecular weight is 467 g/mol. The molecule has 1 heterocycles. The van der Waals surface area contributed by atoms with Crippen molar-refractivity contribution < 1.29 is 9.53 Å². The van der Waals surface area contributed by atoms with Crippen LogP contribution >= 0.6 is 11.8 Å². The van der Waals surface area contributed by atoms with Gasteiger partial charge in [0.05, 0.1) is 18.1 Å². The lowest BCUT2D eigenvalue weighted by molar-refractivity contribution is -0.120. The molecule has 0 radical (unpaired) electrons. The van der Waals surface area contributed by atoms with Crippen molar-refractivity contribution in [3.05, 3.63) is 65.5 Å². The third-order valence-electron chi connectivity index (χ3n) is 5.05. The highest BCUT2D eigenvalue weighted by Crippen LogP contribution is 2.21. The molecule has 3 rings (SSSR count). The molecule has 1 aromatic heterocycles. The molecule has 0 fully saturated rings. The third kappa shape index (κ3) is 7.35. The molecule has 9 heteroatoms. The Balaban J connectivity index is 1.50. The van der Waals surface area contributed by atoms with E-state index in [-0.39, 0.29) is 17.1 Å². The highest BCUT2D eigenvalue weighted by Gasteiger charge is 2.15. The molecule has 174 valence electrons. The Bertz CT molecular complexity index is 1060. The van der Waals surface area contributed by atoms with Gasteiger partial charge in [-0.15, -0.1) is 11.8 Å². The number of hydrogen-bond acceptors (Lipinski definition) is 8. The first-order chi connectivity index (χ1) is 16.0. The minimum absolute atomic E-state index is 0.0224. The summed E-state index contributed by atoms with van der Waals surface area (Å²) < 4.78 is 5.16. The fraction of sp³-hybridized carbons (Fsp3) is 0.333. The van der Waals surface area contributed by atoms with Gasteiger partial charge in [-0.05, 0) is 49.1 Å². The van der Waals surface area contributed by atoms with Crippen molar-refractivity contribution in [2.75, 3.05) is 24.7 Å². The van der Waals surface area contributed by atoms with E-state index in [0.717, 1.165) is 35.4 Å². The molecule has 8 nitrogen and oxygen atoms in total. The van der Waals surface area contributed by atoms with E-state index in [1.165, 1.54) is 11.8 Å². The topological polar surface area (TPSA) is 115 Å². The summed E-state index contributed by atoms with van der Waals surface area (Å²) in [5.74, 6) is 2.32. The van der Waals surface area contributed by atoms with Crippen LogP contribution in [0.4, 0.5) is 17.6 Å². The number of aromatic nitrogens is 3. The van der Waals surface area contributed by atoms with Gasteiger partial charge in [0.15, 0.2) is 0 Å². The van der Waals surface area contributed by atoms with Crippen molar-refractivity contribution in [2.24, 2.45) is 0 Å². The van der Waals surface area contributed by atoms with E-state index < -0.39 is 0 Å². The number of carbonyl (C=O) groups is 1. The number of benzene rings is 2. The molecule has 1 unspecified atom stereocenters. The molecule has 0 saturated carbocycles. The summed E-state index contributed by atoms with van der Waals surface area (Å²) in [6.45, 7) is 4.53. The van der Waals surface area contributed by atoms with Gasteiger partial charge in [0.2, 0.25) is 17.8 Å². The molecule has 3 aromatic rings. The zero-order valence-electron chi connectivity index (χ0n) is 19.2. The van der Waals surface area contributed by atoms with Crippen molar-refractivity contribution in [1.82, 2.24) is 20.3 Å². The van der Waals surface area contributed by atoms with E-state index in [2.05, 4.69) is 38.6 Å². The van der Waals surface area contributed by atoms with Crippen molar-refractivity contribution in [2.45, 2.75) is 37.7 Å². The molecular weight excluding hydrogens is 436 g/mol. The normalized spacial score (nSPS) is 11.6. The minimum atomic E-state index is -0.254. The van der Waals surface area contributed by atoms with Crippen LogP contribution in [-0.2, 0) is 23.4 Å². The Kier molecular flexibility index (Phi) is 8.88. The molecular formula is C24H30N6O2S. The summed E-state index contributed by atoms with van der Waals surface area (Å²) in [4.78, 5) is 25.3. The van der Waals surface area contributed by atoms with E-state index in [4.69, 9.17) is 10.5 Å². The maximum absolute atomic E-state index is 12.5. The van der Waals surface area contributed by atoms with E-state index in [1.54, 1.807) is 7.11 Å². The molecule has 0 aliphatic carbocycles. The van der Waals surface area contributed by atoms with Crippen molar-refractivity contribution in [3.63, 3.8) is 0 Å². The van der Waals surface area contributed by atoms with Gasteiger partial charge in [0.25, 0.3) is 0 Å². The average Bonchev–Trinajstić information content (AvgIpc) is 2.83. The number of aryl methyl sites for hydroxylation is 1. The van der Waals surface area contributed by atoms with Gasteiger partial charge in [-0.25, -0.2) is 0 Å². The van der Waals surface area contributed by atoms with Gasteiger partial charge in [-0.1, -0.05) is 37.3 Å². The number of anilines is 3. The molecule has 1 amide bonds. The van der Waals surface area contributed by atoms with Crippen LogP contribution in [0, 0.1) is 0 Å². The molecule has 33 heavy (non-hydrogen) atoms. The van der Waals surface area contributed by atoms with Gasteiger partial charge in [0.1, 0.15) is 11.6 Å². The highest BCUT2D eigenvalue weighted by molar-refractivity contribution is 7.99. The van der Waals surface area contributed by atoms with E-state index in [9.17, 15) is 4.79 Å². The van der Waals surface area contributed by atoms with Gasteiger partial charge in [0, 0.05) is 12.2 Å². The first kappa shape index (κ1) is 24.3. The summed E-state index contributed by atoms with van der Waals surface area (Å²) in [7, 11) is 1.64. The summed E-state index contributed by atoms with van der Waals surface area (Å²) in [6.07, 6.45) is 1.64. The lowest BCUT2D eigenvalue weighted by Gasteiger charge is -2.13. The fourth-order valence-electron chi connectivity index (χ4n) is 3.17. The number of carbonyl (C=O) groups excluding carboxylic acids is 1. The number of rotatable bonds is 11. The summed E-state index contributed by atoms with van der Waals surface area (Å²) in [5, 5.41) is 5.96. The maximum Gasteiger partial charge on any atom is 0.232 e. The standard InChI is InChI=1S/C24H30N6O2S/c1-4-18-7-5-6-8-20(18)27-24-29-21(28-23(25)30-24)15-33-16(2)22(31)26-14-13-17-9-11-19(32-3)12-10-17/h5-12,16H,4,13-15H2,1-3H3,(H,26,31)(H3,25,27,28,29,30). The van der Waals surface area contributed by atoms with Crippen LogP contribution in [0.1, 0.15) is 30.8 Å². The quantitative estimate of drug-likeness (QED) is 0.391. The van der Waals surface area contributed by atoms with E-state index in [1.807, 2.05) is 49.4 Å². The fourth-order valence-corrected chi connectivity index (χ4v) is 3.93. The number of para-hydroxylation sites is 1. The Morgan fingerprint density at radius 2 is 1.88 bits per heavy atom. The van der Waals surface area contributed by atoms with Crippen molar-refractivity contribution in [1.29, 1.82) is 0 Å². The zero-order valence-corrected chi connectivity index (χ0v) is 20.0. The zero-order chi connectivity index (χ0) is 23.6. The second-order valence-corrected chi connectivity index (χ2v) is 8.74. The van der Waals surface area contributed by atoms with Crippen LogP contribution in [0.3, 0.4) is 0 Å². The Hall–Kier alpha value is -3.33. The first-order valence-electron chi connectivity index (χ1n) is 10.9. The second-order valence-electron chi connectivity index (χ2n) is 7.41. The van der Waals surface area contributed by atoms with Crippen molar-refractivity contribution in [3.8, 4) is 5.75 Å². The van der Waals surface area contributed by atoms with Crippen molar-refractivity contribution >= 4 is 35.3 Å². The Morgan fingerprint density at radius 1 is 1.12 bits per heavy atom. The number of methoxy groups -OCH3 is 1. The summed E-state index contributed by atoms with van der Waals surface area (Å²) in [5.41, 5.74) is 9.13. The monoisotopic (exact) mass is 466 g/mol. The number of nitrogens with zero attached hydrogens (tertiary/aromatic N) is 3. The second kappa shape index (κ2) is 12.1. The lowest BCUT2D eigenvalue weighted by atomic mass is 10.1. The predicted octanol–water partition coefficient (Wildman–Crippen LogP) is 3.75. The number of nitrogens with two attached hydrogens (primary N) is 1. The number of thioether (sulfide) groups is 1. The Labute approximate surface area is 198 Å². The number of nitrogen functional groups attached to an aromatic ring is 1. The Morgan fingerprint density at radius 3 is 2.61 bits per heavy atom. The van der Waals surface area contributed by atoms with Gasteiger partial charge >= 0.3 is 0 Å². The van der Waals surface area contributed by atoms with Crippen LogP contribution < -0.4 is 21.1 Å². The van der Waals surface area contributed by atoms with Crippen LogP contribution in [0.25, 0.3) is 0 Å². The van der Waals surface area contributed by atoms with Crippen LogP contribution in [0.5, 0.6) is 5.75 Å². The maximum atomic E-state index is 12.5. The number of ether oxygens (including phenoxy) is 1. The van der Waals surface area contributed by atoms with Crippen LogP contribution in [0.15, 0.2) is 48.5 Å². The summed E-state index contributed by atoms with van der Waals surface area (Å²) in [6, 6.07) is 15.8. The molecule has 0 aliphatic heterocycles. The van der Waals surface area contributed by atoms with Crippen LogP contribution in [-0.4, -0.2) is 39.8 Å². The van der Waals surface area contributed by atoms with E-state index >= 15 is 0 Å². The number of amides is 1. The molecule has 2 aromatic carbocycles. The highest BCUT2D eigenvalue weighted by atomic mass is 32.2. The molecule has 0 aliphatic rings. The lowest BCUT2D eigenvalue weighted by Crippen LogP contribution is -2.32. The van der Waals surface area contributed by atoms with Gasteiger partial charge in [-0.3, -0.25) is 4.79 Å².